The van der Waals surface area contributed by atoms with E-state index in [2.05, 4.69) is 87.8 Å². The highest BCUT2D eigenvalue weighted by atomic mass is 15.2. The maximum atomic E-state index is 10.4. The van der Waals surface area contributed by atoms with Crippen LogP contribution in [0.15, 0.2) is 79.3 Å². The van der Waals surface area contributed by atoms with Gasteiger partial charge in [-0.1, -0.05) is 30.3 Å². The van der Waals surface area contributed by atoms with Gasteiger partial charge in [-0.05, 0) is 82.0 Å². The molecule has 3 aromatic heterocycles. The SMILES string of the molecule is Cc1cc(CNc2nc3ccccc3c(N3CCC(NC(C)(C)C)CC3)c2C#N)ccc1Nc1nccc(-c2cccnc2)n1. The summed E-state index contributed by atoms with van der Waals surface area (Å²) in [6.45, 7) is 11.0. The predicted octanol–water partition coefficient (Wildman–Crippen LogP) is 6.98. The molecule has 0 atom stereocenters. The average Bonchev–Trinajstić information content (AvgIpc) is 3.04. The minimum atomic E-state index is 0.0802. The van der Waals surface area contributed by atoms with Crippen molar-refractivity contribution in [2.45, 2.75) is 58.7 Å². The Hall–Kier alpha value is -5.07. The zero-order chi connectivity index (χ0) is 31.4. The van der Waals surface area contributed by atoms with Crippen LogP contribution in [0, 0.1) is 18.3 Å². The fourth-order valence-electron chi connectivity index (χ4n) is 5.99. The summed E-state index contributed by atoms with van der Waals surface area (Å²) in [5, 5.41) is 22.0. The lowest BCUT2D eigenvalue weighted by atomic mass is 9.98. The smallest absolute Gasteiger partial charge is 0.227 e. The van der Waals surface area contributed by atoms with Gasteiger partial charge < -0.3 is 20.9 Å². The maximum Gasteiger partial charge on any atom is 0.227 e. The lowest BCUT2D eigenvalue weighted by Gasteiger charge is -2.38. The van der Waals surface area contributed by atoms with Crippen LogP contribution in [0.2, 0.25) is 0 Å². The van der Waals surface area contributed by atoms with Crippen molar-refractivity contribution in [1.29, 1.82) is 5.26 Å². The van der Waals surface area contributed by atoms with Crippen LogP contribution in [-0.2, 0) is 6.54 Å². The van der Waals surface area contributed by atoms with Gasteiger partial charge in [0.05, 0.1) is 16.9 Å². The van der Waals surface area contributed by atoms with E-state index in [0.29, 0.717) is 29.9 Å². The summed E-state index contributed by atoms with van der Waals surface area (Å²) in [6, 6.07) is 23.0. The van der Waals surface area contributed by atoms with E-state index < -0.39 is 0 Å². The van der Waals surface area contributed by atoms with E-state index in [1.165, 1.54) is 0 Å². The van der Waals surface area contributed by atoms with Crippen molar-refractivity contribution in [1.82, 2.24) is 25.3 Å². The molecule has 0 spiro atoms. The molecule has 6 rings (SSSR count). The lowest BCUT2D eigenvalue weighted by Crippen LogP contribution is -2.49. The van der Waals surface area contributed by atoms with Crippen molar-refractivity contribution in [3.8, 4) is 17.3 Å². The number of fused-ring (bicyclic) bond motifs is 1. The average molecular weight is 598 g/mol. The van der Waals surface area contributed by atoms with Gasteiger partial charge in [-0.2, -0.15) is 5.26 Å². The van der Waals surface area contributed by atoms with Crippen molar-refractivity contribution in [2.24, 2.45) is 0 Å². The molecule has 9 heteroatoms. The number of para-hydroxylation sites is 1. The van der Waals surface area contributed by atoms with Crippen LogP contribution in [0.5, 0.6) is 0 Å². The first-order valence-corrected chi connectivity index (χ1v) is 15.5. The van der Waals surface area contributed by atoms with Crippen molar-refractivity contribution in [2.75, 3.05) is 28.6 Å². The second kappa shape index (κ2) is 12.9. The number of nitrogens with one attached hydrogen (secondary N) is 3. The standard InChI is InChI=1S/C36H39N9/c1-24-20-25(11-12-30(24)42-35-39-17-13-31(43-35)26-8-7-16-38-23-26)22-40-34-29(21-37)33(28-9-5-6-10-32(28)41-34)45-18-14-27(15-19-45)44-36(2,3)4/h5-13,16-17,20,23,27,44H,14-15,18-19,22H2,1-4H3,(H,40,41)(H,39,42,43). The van der Waals surface area contributed by atoms with E-state index in [1.807, 2.05) is 42.5 Å². The molecule has 0 saturated carbocycles. The third-order valence-electron chi connectivity index (χ3n) is 8.04. The van der Waals surface area contributed by atoms with E-state index in [1.54, 1.807) is 18.6 Å². The Balaban J connectivity index is 1.20. The number of nitrogens with zero attached hydrogens (tertiary/aromatic N) is 6. The van der Waals surface area contributed by atoms with Crippen molar-refractivity contribution >= 4 is 34.0 Å². The molecule has 4 heterocycles. The Labute approximate surface area is 264 Å². The topological polar surface area (TPSA) is 115 Å². The molecule has 0 aliphatic carbocycles. The van der Waals surface area contributed by atoms with Crippen LogP contribution in [-0.4, -0.2) is 44.6 Å². The quantitative estimate of drug-likeness (QED) is 0.174. The molecule has 0 unspecified atom stereocenters. The molecule has 45 heavy (non-hydrogen) atoms. The molecular weight excluding hydrogens is 558 g/mol. The molecule has 3 N–H and O–H groups in total. The van der Waals surface area contributed by atoms with Crippen molar-refractivity contribution < 1.29 is 0 Å². The van der Waals surface area contributed by atoms with E-state index in [-0.39, 0.29) is 5.54 Å². The van der Waals surface area contributed by atoms with Crippen LogP contribution in [0.1, 0.15) is 50.3 Å². The largest absolute Gasteiger partial charge is 0.370 e. The molecular formula is C36H39N9. The first-order valence-electron chi connectivity index (χ1n) is 15.5. The Kier molecular flexibility index (Phi) is 8.58. The monoisotopic (exact) mass is 597 g/mol. The van der Waals surface area contributed by atoms with Gasteiger partial charge in [-0.15, -0.1) is 0 Å². The second-order valence-corrected chi connectivity index (χ2v) is 12.6. The predicted molar refractivity (Wildman–Crippen MR) is 182 cm³/mol. The van der Waals surface area contributed by atoms with Crippen molar-refractivity contribution in [3.05, 3.63) is 95.9 Å². The van der Waals surface area contributed by atoms with Gasteiger partial charge in [0.1, 0.15) is 17.5 Å². The molecule has 2 aromatic carbocycles. The van der Waals surface area contributed by atoms with Crippen LogP contribution in [0.3, 0.4) is 0 Å². The molecule has 0 radical (unpaired) electrons. The number of hydrogen-bond acceptors (Lipinski definition) is 9. The molecule has 0 bridgehead atoms. The third-order valence-corrected chi connectivity index (χ3v) is 8.04. The summed E-state index contributed by atoms with van der Waals surface area (Å²) < 4.78 is 0. The van der Waals surface area contributed by atoms with Crippen LogP contribution < -0.4 is 20.9 Å². The zero-order valence-corrected chi connectivity index (χ0v) is 26.3. The van der Waals surface area contributed by atoms with Gasteiger partial charge in [-0.25, -0.2) is 15.0 Å². The van der Waals surface area contributed by atoms with Gasteiger partial charge in [0.25, 0.3) is 0 Å². The fraction of sp³-hybridized carbons (Fsp3) is 0.306. The highest BCUT2D eigenvalue weighted by Gasteiger charge is 2.27. The Morgan fingerprint density at radius 3 is 2.53 bits per heavy atom. The summed E-state index contributed by atoms with van der Waals surface area (Å²) in [5.74, 6) is 1.14. The van der Waals surface area contributed by atoms with Crippen LogP contribution in [0.25, 0.3) is 22.2 Å². The van der Waals surface area contributed by atoms with Crippen LogP contribution in [0.4, 0.5) is 23.1 Å². The molecule has 1 aliphatic rings. The number of anilines is 4. The molecule has 5 aromatic rings. The summed E-state index contributed by atoms with van der Waals surface area (Å²) in [4.78, 5) is 20.5. The summed E-state index contributed by atoms with van der Waals surface area (Å²) >= 11 is 0. The molecule has 0 amide bonds. The highest BCUT2D eigenvalue weighted by Crippen LogP contribution is 2.36. The number of aromatic nitrogens is 4. The number of rotatable bonds is 8. The number of pyridine rings is 2. The normalized spacial score (nSPS) is 13.9. The highest BCUT2D eigenvalue weighted by molar-refractivity contribution is 5.97. The van der Waals surface area contributed by atoms with Gasteiger partial charge in [0.2, 0.25) is 5.95 Å². The fourth-order valence-corrected chi connectivity index (χ4v) is 5.99. The number of nitriles is 1. The zero-order valence-electron chi connectivity index (χ0n) is 26.3. The summed E-state index contributed by atoms with van der Waals surface area (Å²) in [6.07, 6.45) is 7.33. The maximum absolute atomic E-state index is 10.4. The first kappa shape index (κ1) is 30.0. The third kappa shape index (κ3) is 7.03. The van der Waals surface area contributed by atoms with E-state index in [9.17, 15) is 5.26 Å². The second-order valence-electron chi connectivity index (χ2n) is 12.6. The lowest BCUT2D eigenvalue weighted by molar-refractivity contribution is 0.317. The Morgan fingerprint density at radius 2 is 1.80 bits per heavy atom. The summed E-state index contributed by atoms with van der Waals surface area (Å²) in [7, 11) is 0. The summed E-state index contributed by atoms with van der Waals surface area (Å²) in [5.41, 5.74) is 7.34. The van der Waals surface area contributed by atoms with Gasteiger partial charge >= 0.3 is 0 Å². The minimum Gasteiger partial charge on any atom is -0.370 e. The van der Waals surface area contributed by atoms with E-state index in [0.717, 1.165) is 70.6 Å². The van der Waals surface area contributed by atoms with Gasteiger partial charge in [-0.3, -0.25) is 4.98 Å². The van der Waals surface area contributed by atoms with Gasteiger partial charge in [0.15, 0.2) is 0 Å². The minimum absolute atomic E-state index is 0.0802. The number of benzene rings is 2. The Morgan fingerprint density at radius 1 is 0.978 bits per heavy atom. The van der Waals surface area contributed by atoms with Crippen molar-refractivity contribution in [3.63, 3.8) is 0 Å². The number of piperidine rings is 1. The van der Waals surface area contributed by atoms with Crippen LogP contribution >= 0.6 is 0 Å². The van der Waals surface area contributed by atoms with E-state index in [4.69, 9.17) is 4.98 Å². The molecule has 9 nitrogen and oxygen atoms in total. The number of aryl methyl sites for hydroxylation is 1. The molecule has 1 saturated heterocycles. The Bertz CT molecular complexity index is 1830. The number of hydrogen-bond donors (Lipinski definition) is 3. The molecule has 1 fully saturated rings. The molecule has 1 aliphatic heterocycles. The van der Waals surface area contributed by atoms with E-state index >= 15 is 0 Å². The first-order chi connectivity index (χ1) is 21.8. The van der Waals surface area contributed by atoms with Gasteiger partial charge in [0, 0.05) is 66.4 Å². The molecule has 228 valence electrons.